The number of anilines is 1. The Morgan fingerprint density at radius 3 is 1.89 bits per heavy atom. The van der Waals surface area contributed by atoms with Crippen LogP contribution in [0.1, 0.15) is 102 Å². The Labute approximate surface area is 236 Å². The van der Waals surface area contributed by atoms with E-state index in [0.29, 0.717) is 0 Å². The second kappa shape index (κ2) is 13.3. The molecule has 0 radical (unpaired) electrons. The lowest BCUT2D eigenvalue weighted by atomic mass is 9.99. The summed E-state index contributed by atoms with van der Waals surface area (Å²) in [6, 6.07) is 19.0. The van der Waals surface area contributed by atoms with E-state index in [0.717, 1.165) is 13.0 Å². The van der Waals surface area contributed by atoms with Gasteiger partial charge in [0.1, 0.15) is 0 Å². The topological polar surface area (TPSA) is 38.0 Å². The molecule has 4 heteroatoms. The molecule has 1 unspecified atom stereocenters. The zero-order valence-electron chi connectivity index (χ0n) is 23.3. The molecule has 0 bridgehead atoms. The van der Waals surface area contributed by atoms with E-state index < -0.39 is 0 Å². The molecule has 5 aromatic rings. The lowest BCUT2D eigenvalue weighted by Gasteiger charge is -2.08. The third-order valence-electron chi connectivity index (χ3n) is 7.94. The van der Waals surface area contributed by atoms with Crippen LogP contribution in [-0.4, -0.2) is 6.54 Å². The lowest BCUT2D eigenvalue weighted by Crippen LogP contribution is -2.08. The molecule has 2 heterocycles. The average Bonchev–Trinajstić information content (AvgIpc) is 3.53. The molecular weight excluding hydrogens is 501 g/mol. The van der Waals surface area contributed by atoms with Crippen molar-refractivity contribution >= 4 is 69.4 Å². The van der Waals surface area contributed by atoms with Crippen molar-refractivity contribution in [1.82, 2.24) is 0 Å². The molecule has 3 N–H and O–H groups in total. The van der Waals surface area contributed by atoms with Gasteiger partial charge < -0.3 is 11.1 Å². The van der Waals surface area contributed by atoms with Gasteiger partial charge in [0.15, 0.2) is 0 Å². The van der Waals surface area contributed by atoms with E-state index in [1.165, 1.54) is 122 Å². The van der Waals surface area contributed by atoms with E-state index in [4.69, 9.17) is 5.73 Å². The van der Waals surface area contributed by atoms with Gasteiger partial charge in [0, 0.05) is 26.9 Å². The van der Waals surface area contributed by atoms with Crippen LogP contribution in [0.5, 0.6) is 0 Å². The molecule has 2 aromatic heterocycles. The highest BCUT2D eigenvalue weighted by molar-refractivity contribution is 7.22. The van der Waals surface area contributed by atoms with Crippen LogP contribution < -0.4 is 11.1 Å². The number of hydrogen-bond acceptors (Lipinski definition) is 4. The maximum Gasteiger partial charge on any atom is 0.0894 e. The van der Waals surface area contributed by atoms with Gasteiger partial charge in [-0.05, 0) is 81.6 Å². The zero-order chi connectivity index (χ0) is 26.3. The summed E-state index contributed by atoms with van der Waals surface area (Å²) < 4.78 is 2.72. The highest BCUT2D eigenvalue weighted by Crippen LogP contribution is 2.39. The van der Waals surface area contributed by atoms with E-state index in [-0.39, 0.29) is 6.04 Å². The Kier molecular flexibility index (Phi) is 9.59. The van der Waals surface area contributed by atoms with Gasteiger partial charge in [-0.3, -0.25) is 0 Å². The van der Waals surface area contributed by atoms with Gasteiger partial charge in [-0.2, -0.15) is 0 Å². The fraction of sp³-hybridized carbons (Fsp3) is 0.471. The van der Waals surface area contributed by atoms with Crippen LogP contribution in [0.3, 0.4) is 0 Å². The summed E-state index contributed by atoms with van der Waals surface area (Å²) >= 11 is 3.78. The molecule has 0 spiro atoms. The van der Waals surface area contributed by atoms with Crippen molar-refractivity contribution in [1.29, 1.82) is 0 Å². The minimum Gasteiger partial charge on any atom is -0.377 e. The van der Waals surface area contributed by atoms with Gasteiger partial charge in [-0.25, -0.2) is 0 Å². The van der Waals surface area contributed by atoms with E-state index in [1.54, 1.807) is 0 Å². The van der Waals surface area contributed by atoms with Crippen molar-refractivity contribution in [2.75, 3.05) is 11.9 Å². The molecule has 0 amide bonds. The highest BCUT2D eigenvalue weighted by Gasteiger charge is 2.13. The Bertz CT molecular complexity index is 1480. The molecule has 0 fully saturated rings. The van der Waals surface area contributed by atoms with Crippen LogP contribution in [0, 0.1) is 0 Å². The summed E-state index contributed by atoms with van der Waals surface area (Å²) in [5, 5.41) is 13.0. The summed E-state index contributed by atoms with van der Waals surface area (Å²) in [7, 11) is 0. The Morgan fingerprint density at radius 2 is 1.21 bits per heavy atom. The van der Waals surface area contributed by atoms with Gasteiger partial charge in [0.25, 0.3) is 0 Å². The molecule has 5 rings (SSSR count). The quantitative estimate of drug-likeness (QED) is 0.102. The van der Waals surface area contributed by atoms with Gasteiger partial charge in [-0.1, -0.05) is 90.2 Å². The maximum atomic E-state index is 6.63. The SMILES string of the molecule is CCCCCCCCNc1cc2cc3ccc4cc5cc(C(N)CCCCCCC)sc5cc4c3cc2s1. The second-order valence-electron chi connectivity index (χ2n) is 11.1. The fourth-order valence-electron chi connectivity index (χ4n) is 5.65. The van der Waals surface area contributed by atoms with Crippen LogP contribution in [-0.2, 0) is 0 Å². The van der Waals surface area contributed by atoms with Crippen LogP contribution in [0.25, 0.3) is 41.7 Å². The van der Waals surface area contributed by atoms with Crippen LogP contribution in [0.15, 0.2) is 48.5 Å². The number of thiophene rings is 2. The number of nitrogens with one attached hydrogen (secondary N) is 1. The Balaban J connectivity index is 1.33. The second-order valence-corrected chi connectivity index (χ2v) is 13.3. The number of unbranched alkanes of at least 4 members (excludes halogenated alkanes) is 9. The number of fused-ring (bicyclic) bond motifs is 5. The van der Waals surface area contributed by atoms with Gasteiger partial charge in [0.2, 0.25) is 0 Å². The van der Waals surface area contributed by atoms with Crippen molar-refractivity contribution in [2.45, 2.75) is 96.9 Å². The van der Waals surface area contributed by atoms with Crippen molar-refractivity contribution < 1.29 is 0 Å². The van der Waals surface area contributed by atoms with Crippen molar-refractivity contribution in [2.24, 2.45) is 5.73 Å². The van der Waals surface area contributed by atoms with E-state index >= 15 is 0 Å². The Morgan fingerprint density at radius 1 is 0.632 bits per heavy atom. The first-order valence-electron chi connectivity index (χ1n) is 15.0. The van der Waals surface area contributed by atoms with E-state index in [1.807, 2.05) is 22.7 Å². The molecule has 0 aliphatic rings. The summed E-state index contributed by atoms with van der Waals surface area (Å²) in [5.41, 5.74) is 6.63. The molecule has 38 heavy (non-hydrogen) atoms. The summed E-state index contributed by atoms with van der Waals surface area (Å²) in [5.74, 6) is 0. The molecule has 0 saturated heterocycles. The highest BCUT2D eigenvalue weighted by atomic mass is 32.1. The molecular formula is C34H44N2S2. The largest absolute Gasteiger partial charge is 0.377 e. The molecule has 0 aliphatic carbocycles. The van der Waals surface area contributed by atoms with Crippen LogP contribution in [0.2, 0.25) is 0 Å². The maximum absolute atomic E-state index is 6.63. The predicted octanol–water partition coefficient (Wildman–Crippen LogP) is 11.6. The molecule has 1 atom stereocenters. The Hall–Kier alpha value is -2.14. The van der Waals surface area contributed by atoms with E-state index in [9.17, 15) is 0 Å². The summed E-state index contributed by atoms with van der Waals surface area (Å²) in [6.45, 7) is 5.62. The van der Waals surface area contributed by atoms with Gasteiger partial charge in [-0.15, -0.1) is 22.7 Å². The first-order valence-corrected chi connectivity index (χ1v) is 16.6. The van der Waals surface area contributed by atoms with Crippen LogP contribution in [0.4, 0.5) is 5.00 Å². The third kappa shape index (κ3) is 6.52. The number of nitrogens with two attached hydrogens (primary N) is 1. The molecule has 202 valence electrons. The first kappa shape index (κ1) is 27.4. The minimum atomic E-state index is 0.155. The average molecular weight is 545 g/mol. The molecule has 0 aliphatic heterocycles. The molecule has 3 aromatic carbocycles. The summed E-state index contributed by atoms with van der Waals surface area (Å²) in [4.78, 5) is 1.33. The lowest BCUT2D eigenvalue weighted by molar-refractivity contribution is 0.560. The monoisotopic (exact) mass is 544 g/mol. The van der Waals surface area contributed by atoms with Crippen LogP contribution >= 0.6 is 22.7 Å². The van der Waals surface area contributed by atoms with Gasteiger partial charge in [0.05, 0.1) is 5.00 Å². The standard InChI is InChI=1S/C34H44N2S2/c1-3-5-7-9-11-13-17-36-34-21-27-19-25-16-15-24-18-26-20-33(30(35)14-12-10-8-6-4-2)37-31(26)22-28(24)29(25)23-32(27)38-34/h15-16,18-23,30,36H,3-14,17,35H2,1-2H3. The molecule has 2 nitrogen and oxygen atoms in total. The number of hydrogen-bond donors (Lipinski definition) is 2. The molecule has 0 saturated carbocycles. The van der Waals surface area contributed by atoms with Crippen molar-refractivity contribution in [3.63, 3.8) is 0 Å². The first-order chi connectivity index (χ1) is 18.7. The van der Waals surface area contributed by atoms with Crippen molar-refractivity contribution in [3.05, 3.63) is 53.4 Å². The third-order valence-corrected chi connectivity index (χ3v) is 10.2. The predicted molar refractivity (Wildman–Crippen MR) is 174 cm³/mol. The van der Waals surface area contributed by atoms with Crippen molar-refractivity contribution in [3.8, 4) is 0 Å². The zero-order valence-corrected chi connectivity index (χ0v) is 24.9. The smallest absolute Gasteiger partial charge is 0.0894 e. The summed E-state index contributed by atoms with van der Waals surface area (Å²) in [6.07, 6.45) is 15.6. The fourth-order valence-corrected chi connectivity index (χ4v) is 7.78. The minimum absolute atomic E-state index is 0.155. The van der Waals surface area contributed by atoms with E-state index in [2.05, 4.69) is 67.7 Å². The number of rotatable bonds is 15. The normalized spacial score (nSPS) is 12.8. The number of benzene rings is 3. The van der Waals surface area contributed by atoms with Gasteiger partial charge >= 0.3 is 0 Å².